The van der Waals surface area contributed by atoms with Gasteiger partial charge in [-0.2, -0.15) is 5.26 Å². The van der Waals surface area contributed by atoms with Crippen LogP contribution in [0.5, 0.6) is 0 Å². The second-order valence-electron chi connectivity index (χ2n) is 5.43. The lowest BCUT2D eigenvalue weighted by Crippen LogP contribution is -1.91. The first-order valence-electron chi connectivity index (χ1n) is 7.70. The minimum atomic E-state index is -0.218. The van der Waals surface area contributed by atoms with Crippen LogP contribution in [0.25, 0.3) is 5.57 Å². The van der Waals surface area contributed by atoms with Crippen molar-refractivity contribution in [2.24, 2.45) is 0 Å². The molecule has 1 heterocycles. The summed E-state index contributed by atoms with van der Waals surface area (Å²) < 4.78 is 13.0. The summed E-state index contributed by atoms with van der Waals surface area (Å²) in [6.45, 7) is 0. The van der Waals surface area contributed by atoms with Gasteiger partial charge in [0.1, 0.15) is 5.82 Å². The summed E-state index contributed by atoms with van der Waals surface area (Å²) in [6, 6.07) is 16.2. The van der Waals surface area contributed by atoms with Gasteiger partial charge in [0, 0.05) is 11.8 Å². The van der Waals surface area contributed by atoms with Gasteiger partial charge < -0.3 is 4.98 Å². The van der Waals surface area contributed by atoms with Crippen molar-refractivity contribution in [1.82, 2.24) is 9.97 Å². The number of rotatable bonds is 5. The summed E-state index contributed by atoms with van der Waals surface area (Å²) in [7, 11) is 0. The van der Waals surface area contributed by atoms with Gasteiger partial charge in [0.25, 0.3) is 0 Å². The minimum Gasteiger partial charge on any atom is -0.351 e. The van der Waals surface area contributed by atoms with E-state index in [1.807, 2.05) is 18.3 Å². The molecule has 118 valence electrons. The summed E-state index contributed by atoms with van der Waals surface area (Å²) in [6.07, 6.45) is 7.26. The molecular formula is C20H16FN3. The topological polar surface area (TPSA) is 52.5 Å². The third-order valence-corrected chi connectivity index (χ3v) is 3.79. The summed E-state index contributed by atoms with van der Waals surface area (Å²) in [5, 5.41) is 8.93. The Morgan fingerprint density at radius 1 is 1.12 bits per heavy atom. The van der Waals surface area contributed by atoms with E-state index in [1.54, 1.807) is 30.6 Å². The van der Waals surface area contributed by atoms with E-state index in [0.717, 1.165) is 35.2 Å². The average Bonchev–Trinajstić information content (AvgIpc) is 3.15. The molecule has 0 bridgehead atoms. The van der Waals surface area contributed by atoms with Crippen LogP contribution in [0.2, 0.25) is 0 Å². The maximum absolute atomic E-state index is 13.0. The highest BCUT2D eigenvalue weighted by Gasteiger charge is 2.07. The number of H-pyrrole nitrogens is 1. The molecule has 0 aliphatic heterocycles. The Hall–Kier alpha value is -3.19. The summed E-state index contributed by atoms with van der Waals surface area (Å²) >= 11 is 0. The van der Waals surface area contributed by atoms with Crippen molar-refractivity contribution in [2.75, 3.05) is 0 Å². The number of allylic oxidation sites excluding steroid dienone is 1. The molecule has 3 rings (SSSR count). The fourth-order valence-corrected chi connectivity index (χ4v) is 2.54. The third kappa shape index (κ3) is 3.76. The van der Waals surface area contributed by atoms with Gasteiger partial charge >= 0.3 is 0 Å². The molecule has 0 saturated carbocycles. The van der Waals surface area contributed by atoms with Crippen LogP contribution in [-0.2, 0) is 6.42 Å². The Kier molecular flexibility index (Phi) is 4.83. The van der Waals surface area contributed by atoms with Crippen molar-refractivity contribution in [3.05, 3.63) is 95.3 Å². The number of benzene rings is 2. The van der Waals surface area contributed by atoms with Crippen LogP contribution in [0.3, 0.4) is 0 Å². The molecule has 0 amide bonds. The van der Waals surface area contributed by atoms with Gasteiger partial charge in [-0.25, -0.2) is 9.37 Å². The zero-order chi connectivity index (χ0) is 16.8. The molecule has 24 heavy (non-hydrogen) atoms. The normalized spacial score (nSPS) is 11.2. The van der Waals surface area contributed by atoms with Crippen molar-refractivity contribution < 1.29 is 4.39 Å². The molecule has 0 aliphatic rings. The number of aromatic amines is 1. The van der Waals surface area contributed by atoms with E-state index in [4.69, 9.17) is 5.26 Å². The van der Waals surface area contributed by atoms with Crippen LogP contribution in [0, 0.1) is 17.1 Å². The third-order valence-electron chi connectivity index (χ3n) is 3.79. The Morgan fingerprint density at radius 2 is 1.88 bits per heavy atom. The number of halogens is 1. The first-order chi connectivity index (χ1) is 11.8. The summed E-state index contributed by atoms with van der Waals surface area (Å²) in [4.78, 5) is 7.31. The molecule has 4 heteroatoms. The number of hydrogen-bond donors (Lipinski definition) is 1. The Morgan fingerprint density at radius 3 is 2.50 bits per heavy atom. The summed E-state index contributed by atoms with van der Waals surface area (Å²) in [5.74, 6) is -0.218. The number of imidazole rings is 1. The van der Waals surface area contributed by atoms with E-state index < -0.39 is 0 Å². The number of nitrogens with zero attached hydrogens (tertiary/aromatic N) is 2. The molecule has 0 atom stereocenters. The SMILES string of the molecule is N#Cc1ccc(C(=CCCc2ccc(F)cc2)c2c[nH]cn2)cc1. The predicted octanol–water partition coefficient (Wildman–Crippen LogP) is 4.48. The number of nitrogens with one attached hydrogen (secondary N) is 1. The molecule has 2 aromatic carbocycles. The molecule has 1 aromatic heterocycles. The highest BCUT2D eigenvalue weighted by molar-refractivity contribution is 5.77. The summed E-state index contributed by atoms with van der Waals surface area (Å²) in [5.41, 5.74) is 4.61. The second-order valence-corrected chi connectivity index (χ2v) is 5.43. The number of nitriles is 1. The maximum Gasteiger partial charge on any atom is 0.123 e. The molecule has 0 fully saturated rings. The first-order valence-corrected chi connectivity index (χ1v) is 7.70. The van der Waals surface area contributed by atoms with Gasteiger partial charge in [-0.05, 0) is 48.2 Å². The minimum absolute atomic E-state index is 0.218. The van der Waals surface area contributed by atoms with Crippen LogP contribution < -0.4 is 0 Å². The Bertz CT molecular complexity index is 855. The fourth-order valence-electron chi connectivity index (χ4n) is 2.54. The van der Waals surface area contributed by atoms with Crippen LogP contribution >= 0.6 is 0 Å². The van der Waals surface area contributed by atoms with E-state index in [-0.39, 0.29) is 5.82 Å². The van der Waals surface area contributed by atoms with Crippen LogP contribution in [0.4, 0.5) is 4.39 Å². The molecule has 0 spiro atoms. The molecule has 3 nitrogen and oxygen atoms in total. The van der Waals surface area contributed by atoms with Gasteiger partial charge in [-0.3, -0.25) is 0 Å². The van der Waals surface area contributed by atoms with E-state index in [1.165, 1.54) is 12.1 Å². The Balaban J connectivity index is 1.82. The fraction of sp³-hybridized carbons (Fsp3) is 0.100. The number of aryl methyl sites for hydroxylation is 1. The van der Waals surface area contributed by atoms with Crippen LogP contribution in [0.1, 0.15) is 28.8 Å². The van der Waals surface area contributed by atoms with E-state index >= 15 is 0 Å². The Labute approximate surface area is 140 Å². The highest BCUT2D eigenvalue weighted by Crippen LogP contribution is 2.23. The first kappa shape index (κ1) is 15.7. The lowest BCUT2D eigenvalue weighted by atomic mass is 9.99. The van der Waals surface area contributed by atoms with Crippen molar-refractivity contribution >= 4 is 5.57 Å². The van der Waals surface area contributed by atoms with Crippen molar-refractivity contribution in [3.63, 3.8) is 0 Å². The largest absolute Gasteiger partial charge is 0.351 e. The number of hydrogen-bond acceptors (Lipinski definition) is 2. The van der Waals surface area contributed by atoms with E-state index in [0.29, 0.717) is 5.56 Å². The standard InChI is InChI=1S/C20H16FN3/c21-18-10-6-15(7-11-18)2-1-3-19(20-13-23-14-24-20)17-8-4-16(12-22)5-9-17/h3-11,13-14H,1-2H2,(H,23,24). The molecule has 0 unspecified atom stereocenters. The molecule has 0 radical (unpaired) electrons. The van der Waals surface area contributed by atoms with E-state index in [2.05, 4.69) is 22.1 Å². The zero-order valence-corrected chi connectivity index (χ0v) is 13.0. The van der Waals surface area contributed by atoms with E-state index in [9.17, 15) is 4.39 Å². The predicted molar refractivity (Wildman–Crippen MR) is 91.5 cm³/mol. The zero-order valence-electron chi connectivity index (χ0n) is 13.0. The lowest BCUT2D eigenvalue weighted by molar-refractivity contribution is 0.627. The quantitative estimate of drug-likeness (QED) is 0.754. The lowest BCUT2D eigenvalue weighted by Gasteiger charge is -2.06. The van der Waals surface area contributed by atoms with Crippen LogP contribution in [0.15, 0.2) is 67.1 Å². The van der Waals surface area contributed by atoms with Gasteiger partial charge in [0.15, 0.2) is 0 Å². The van der Waals surface area contributed by atoms with Gasteiger partial charge in [-0.15, -0.1) is 0 Å². The molecule has 0 aliphatic carbocycles. The molecule has 0 saturated heterocycles. The van der Waals surface area contributed by atoms with Crippen LogP contribution in [-0.4, -0.2) is 9.97 Å². The van der Waals surface area contributed by atoms with Crippen molar-refractivity contribution in [2.45, 2.75) is 12.8 Å². The molecule has 3 aromatic rings. The maximum atomic E-state index is 13.0. The monoisotopic (exact) mass is 317 g/mol. The van der Waals surface area contributed by atoms with Crippen molar-refractivity contribution in [1.29, 1.82) is 5.26 Å². The van der Waals surface area contributed by atoms with Gasteiger partial charge in [-0.1, -0.05) is 30.3 Å². The second kappa shape index (κ2) is 7.38. The molecular weight excluding hydrogens is 301 g/mol. The van der Waals surface area contributed by atoms with Gasteiger partial charge in [0.05, 0.1) is 23.7 Å². The highest BCUT2D eigenvalue weighted by atomic mass is 19.1. The number of aromatic nitrogens is 2. The average molecular weight is 317 g/mol. The van der Waals surface area contributed by atoms with Gasteiger partial charge in [0.2, 0.25) is 0 Å². The smallest absolute Gasteiger partial charge is 0.123 e. The van der Waals surface area contributed by atoms with Crippen molar-refractivity contribution in [3.8, 4) is 6.07 Å². The molecule has 1 N–H and O–H groups in total.